The first-order valence-electron chi connectivity index (χ1n) is 10.3. The van der Waals surface area contributed by atoms with Crippen molar-refractivity contribution in [3.63, 3.8) is 0 Å². The minimum atomic E-state index is -0.468. The third-order valence-corrected chi connectivity index (χ3v) is 5.24. The van der Waals surface area contributed by atoms with Gasteiger partial charge in [-0.1, -0.05) is 38.0 Å². The molecule has 5 heteroatoms. The van der Waals surface area contributed by atoms with Crippen molar-refractivity contribution < 1.29 is 23.5 Å². The fourth-order valence-corrected chi connectivity index (χ4v) is 3.93. The van der Waals surface area contributed by atoms with E-state index in [1.807, 2.05) is 19.1 Å². The molecular formula is C24H31FO4. The summed E-state index contributed by atoms with van der Waals surface area (Å²) < 4.78 is 25.3. The van der Waals surface area contributed by atoms with E-state index in [-0.39, 0.29) is 24.1 Å². The molecule has 4 nitrogen and oxygen atoms in total. The molecule has 0 saturated heterocycles. The summed E-state index contributed by atoms with van der Waals surface area (Å²) in [6.07, 6.45) is 6.14. The van der Waals surface area contributed by atoms with Crippen LogP contribution >= 0.6 is 0 Å². The molecule has 0 bridgehead atoms. The molecule has 0 N–H and O–H groups in total. The number of rotatable bonds is 8. The molecule has 29 heavy (non-hydrogen) atoms. The van der Waals surface area contributed by atoms with Gasteiger partial charge >= 0.3 is 11.9 Å². The highest BCUT2D eigenvalue weighted by atomic mass is 19.1. The van der Waals surface area contributed by atoms with Gasteiger partial charge in [-0.3, -0.25) is 9.59 Å². The molecule has 0 heterocycles. The summed E-state index contributed by atoms with van der Waals surface area (Å²) in [5.41, 5.74) is 2.40. The SMILES string of the molecule is C=C(C)[C@@H]1CC=C(F)C[C@H]1c1c(OC(C)=O)cc(CCCCC)cc1OC(C)=O. The summed E-state index contributed by atoms with van der Waals surface area (Å²) in [5.74, 6) is -0.840. The largest absolute Gasteiger partial charge is 0.426 e. The zero-order valence-corrected chi connectivity index (χ0v) is 17.8. The minimum Gasteiger partial charge on any atom is -0.426 e. The normalized spacial score (nSPS) is 18.7. The van der Waals surface area contributed by atoms with E-state index in [1.54, 1.807) is 6.08 Å². The minimum absolute atomic E-state index is 0.0379. The van der Waals surface area contributed by atoms with Crippen LogP contribution in [0.4, 0.5) is 4.39 Å². The van der Waals surface area contributed by atoms with Gasteiger partial charge in [-0.15, -0.1) is 0 Å². The van der Waals surface area contributed by atoms with E-state index in [0.29, 0.717) is 23.5 Å². The Kier molecular flexibility index (Phi) is 8.18. The number of ether oxygens (including phenoxy) is 2. The number of halogens is 1. The fraction of sp³-hybridized carbons (Fsp3) is 0.500. The van der Waals surface area contributed by atoms with Gasteiger partial charge in [-0.05, 0) is 49.8 Å². The fourth-order valence-electron chi connectivity index (χ4n) is 3.93. The van der Waals surface area contributed by atoms with Gasteiger partial charge in [0.05, 0.1) is 5.83 Å². The maximum absolute atomic E-state index is 14.2. The molecule has 0 saturated carbocycles. The van der Waals surface area contributed by atoms with Crippen LogP contribution in [0.1, 0.15) is 76.8 Å². The predicted octanol–water partition coefficient (Wildman–Crippen LogP) is 6.19. The summed E-state index contributed by atoms with van der Waals surface area (Å²) >= 11 is 0. The average Bonchev–Trinajstić information content (AvgIpc) is 2.60. The van der Waals surface area contributed by atoms with Gasteiger partial charge in [-0.25, -0.2) is 4.39 Å². The van der Waals surface area contributed by atoms with Crippen molar-refractivity contribution in [3.8, 4) is 11.5 Å². The van der Waals surface area contributed by atoms with E-state index in [4.69, 9.17) is 9.47 Å². The number of esters is 2. The van der Waals surface area contributed by atoms with Crippen LogP contribution in [0.2, 0.25) is 0 Å². The Morgan fingerprint density at radius 1 is 1.10 bits per heavy atom. The maximum atomic E-state index is 14.2. The molecule has 1 aliphatic carbocycles. The molecule has 158 valence electrons. The molecule has 0 aromatic heterocycles. The van der Waals surface area contributed by atoms with Crippen molar-refractivity contribution in [3.05, 3.63) is 47.3 Å². The highest BCUT2D eigenvalue weighted by Gasteiger charge is 2.34. The second-order valence-electron chi connectivity index (χ2n) is 7.80. The highest BCUT2D eigenvalue weighted by Crippen LogP contribution is 2.48. The Labute approximate surface area is 172 Å². The van der Waals surface area contributed by atoms with E-state index in [9.17, 15) is 14.0 Å². The van der Waals surface area contributed by atoms with Gasteiger partial charge in [0.25, 0.3) is 0 Å². The molecule has 1 aliphatic rings. The van der Waals surface area contributed by atoms with Crippen molar-refractivity contribution in [1.29, 1.82) is 0 Å². The Hall–Kier alpha value is -2.43. The van der Waals surface area contributed by atoms with Crippen LogP contribution in [0.5, 0.6) is 11.5 Å². The van der Waals surface area contributed by atoms with E-state index < -0.39 is 11.9 Å². The van der Waals surface area contributed by atoms with Crippen LogP contribution in [0.25, 0.3) is 0 Å². The molecule has 0 aliphatic heterocycles. The lowest BCUT2D eigenvalue weighted by Crippen LogP contribution is -2.21. The van der Waals surface area contributed by atoms with Crippen LogP contribution in [-0.2, 0) is 16.0 Å². The summed E-state index contributed by atoms with van der Waals surface area (Å²) in [6, 6.07) is 3.65. The molecule has 2 atom stereocenters. The average molecular weight is 403 g/mol. The Morgan fingerprint density at radius 2 is 1.69 bits per heavy atom. The summed E-state index contributed by atoms with van der Waals surface area (Å²) in [4.78, 5) is 23.6. The van der Waals surface area contributed by atoms with E-state index >= 15 is 0 Å². The second-order valence-corrected chi connectivity index (χ2v) is 7.80. The molecule has 0 spiro atoms. The summed E-state index contributed by atoms with van der Waals surface area (Å²) in [6.45, 7) is 10.8. The zero-order valence-electron chi connectivity index (χ0n) is 17.8. The lowest BCUT2D eigenvalue weighted by atomic mass is 9.74. The van der Waals surface area contributed by atoms with Crippen LogP contribution in [-0.4, -0.2) is 11.9 Å². The van der Waals surface area contributed by atoms with E-state index in [2.05, 4.69) is 13.5 Å². The van der Waals surface area contributed by atoms with E-state index in [1.165, 1.54) is 13.8 Å². The van der Waals surface area contributed by atoms with Crippen molar-refractivity contribution in [2.45, 2.75) is 72.1 Å². The molecule has 0 radical (unpaired) electrons. The quantitative estimate of drug-likeness (QED) is 0.225. The summed E-state index contributed by atoms with van der Waals surface area (Å²) in [7, 11) is 0. The Bertz CT molecular complexity index is 772. The number of unbranched alkanes of at least 4 members (excludes halogenated alkanes) is 2. The Balaban J connectivity index is 2.61. The third kappa shape index (κ3) is 6.28. The lowest BCUT2D eigenvalue weighted by molar-refractivity contribution is -0.132. The number of benzene rings is 1. The van der Waals surface area contributed by atoms with Gasteiger partial charge in [-0.2, -0.15) is 0 Å². The Morgan fingerprint density at radius 3 is 2.17 bits per heavy atom. The number of carbonyl (C=O) groups excluding carboxylic acids is 2. The van der Waals surface area contributed by atoms with Crippen molar-refractivity contribution in [2.24, 2.45) is 5.92 Å². The molecule has 1 aromatic rings. The number of carbonyl (C=O) groups is 2. The standard InChI is InChI=1S/C24H31FO4/c1-6-7-8-9-18-12-22(28-16(4)26)24(23(13-18)29-17(5)27)21-14-19(25)10-11-20(21)15(2)3/h10,12-13,20-21H,2,6-9,11,14H2,1,3-5H3/t20-,21+/m0/s1. The molecule has 0 unspecified atom stereocenters. The van der Waals surface area contributed by atoms with Crippen LogP contribution in [0.15, 0.2) is 36.2 Å². The first kappa shape index (κ1) is 22.9. The second kappa shape index (κ2) is 10.4. The molecule has 1 aromatic carbocycles. The van der Waals surface area contributed by atoms with Crippen LogP contribution < -0.4 is 9.47 Å². The first-order valence-corrected chi connectivity index (χ1v) is 10.3. The molecule has 2 rings (SSSR count). The van der Waals surface area contributed by atoms with Crippen LogP contribution in [0.3, 0.4) is 0 Å². The number of aryl methyl sites for hydroxylation is 1. The smallest absolute Gasteiger partial charge is 0.308 e. The number of hydrogen-bond acceptors (Lipinski definition) is 4. The van der Waals surface area contributed by atoms with Gasteiger partial charge in [0, 0.05) is 31.7 Å². The third-order valence-electron chi connectivity index (χ3n) is 5.24. The van der Waals surface area contributed by atoms with Crippen LogP contribution in [0, 0.1) is 5.92 Å². The molecule has 0 fully saturated rings. The van der Waals surface area contributed by atoms with Gasteiger partial charge < -0.3 is 9.47 Å². The maximum Gasteiger partial charge on any atom is 0.308 e. The van der Waals surface area contributed by atoms with E-state index in [0.717, 1.165) is 36.8 Å². The topological polar surface area (TPSA) is 52.6 Å². The first-order chi connectivity index (χ1) is 13.7. The van der Waals surface area contributed by atoms with Gasteiger partial charge in [0.1, 0.15) is 11.5 Å². The predicted molar refractivity (Wildman–Crippen MR) is 112 cm³/mol. The zero-order chi connectivity index (χ0) is 21.6. The molecule has 0 amide bonds. The van der Waals surface area contributed by atoms with Crippen molar-refractivity contribution in [2.75, 3.05) is 0 Å². The molecular weight excluding hydrogens is 371 g/mol. The lowest BCUT2D eigenvalue weighted by Gasteiger charge is -2.32. The summed E-state index contributed by atoms with van der Waals surface area (Å²) in [5, 5.41) is 0. The number of hydrogen-bond donors (Lipinski definition) is 0. The number of allylic oxidation sites excluding steroid dienone is 3. The monoisotopic (exact) mass is 402 g/mol. The van der Waals surface area contributed by atoms with Crippen molar-refractivity contribution in [1.82, 2.24) is 0 Å². The van der Waals surface area contributed by atoms with Gasteiger partial charge in [0.2, 0.25) is 0 Å². The van der Waals surface area contributed by atoms with Gasteiger partial charge in [0.15, 0.2) is 0 Å². The highest BCUT2D eigenvalue weighted by molar-refractivity contribution is 5.73. The van der Waals surface area contributed by atoms with Crippen molar-refractivity contribution >= 4 is 11.9 Å².